The summed E-state index contributed by atoms with van der Waals surface area (Å²) >= 11 is 0. The lowest BCUT2D eigenvalue weighted by Crippen LogP contribution is -3.00. The highest BCUT2D eigenvalue weighted by Gasteiger charge is 2.99. The molecule has 3 heteroatoms. The Hall–Kier alpha value is -0.120. The molecule has 4 aliphatic rings. The molecule has 0 saturated heterocycles. The van der Waals surface area contributed by atoms with Gasteiger partial charge < -0.3 is 5.11 Å². The second-order valence-corrected chi connectivity index (χ2v) is 5.97. The predicted molar refractivity (Wildman–Crippen MR) is 45.5 cm³/mol. The molecule has 0 aliphatic heterocycles. The standard InChI is InChI=1S/C10H15NO2/c1-7-2-6-3-9(13-11)5-8(12,4-7)10(6,7)9/h6,12H,2-5,11H2,1H3. The van der Waals surface area contributed by atoms with Gasteiger partial charge in [-0.25, -0.2) is 5.90 Å². The average Bonchev–Trinajstić information content (AvgIpc) is 1.95. The van der Waals surface area contributed by atoms with Gasteiger partial charge in [-0.15, -0.1) is 0 Å². The molecule has 72 valence electrons. The summed E-state index contributed by atoms with van der Waals surface area (Å²) in [5, 5.41) is 10.3. The average molecular weight is 181 g/mol. The van der Waals surface area contributed by atoms with Gasteiger partial charge in [0.05, 0.1) is 5.60 Å². The van der Waals surface area contributed by atoms with E-state index < -0.39 is 5.60 Å². The van der Waals surface area contributed by atoms with Gasteiger partial charge in [0.1, 0.15) is 5.60 Å². The molecule has 4 rings (SSSR count). The van der Waals surface area contributed by atoms with Crippen LogP contribution in [0.25, 0.3) is 0 Å². The molecule has 4 aliphatic carbocycles. The summed E-state index contributed by atoms with van der Waals surface area (Å²) in [7, 11) is 0. The Morgan fingerprint density at radius 3 is 2.54 bits per heavy atom. The molecule has 4 saturated carbocycles. The minimum atomic E-state index is -0.401. The van der Waals surface area contributed by atoms with Crippen molar-refractivity contribution >= 4 is 0 Å². The normalized spacial score (nSPS) is 76.4. The number of hydrogen-bond donors (Lipinski definition) is 2. The van der Waals surface area contributed by atoms with Crippen LogP contribution in [0, 0.1) is 16.7 Å². The molecule has 5 atom stereocenters. The van der Waals surface area contributed by atoms with Crippen molar-refractivity contribution in [2.45, 2.75) is 43.8 Å². The highest BCUT2D eigenvalue weighted by atomic mass is 16.6. The highest BCUT2D eigenvalue weighted by molar-refractivity contribution is 5.47. The Bertz CT molecular complexity index is 323. The van der Waals surface area contributed by atoms with E-state index in [2.05, 4.69) is 6.92 Å². The van der Waals surface area contributed by atoms with E-state index >= 15 is 0 Å². The molecule has 0 amide bonds. The quantitative estimate of drug-likeness (QED) is 0.581. The minimum Gasteiger partial charge on any atom is -0.389 e. The predicted octanol–water partition coefficient (Wildman–Crippen LogP) is 0.570. The first-order chi connectivity index (χ1) is 6.04. The van der Waals surface area contributed by atoms with Gasteiger partial charge >= 0.3 is 0 Å². The van der Waals surface area contributed by atoms with Gasteiger partial charge in [-0.2, -0.15) is 0 Å². The van der Waals surface area contributed by atoms with Crippen molar-refractivity contribution in [3.8, 4) is 0 Å². The number of rotatable bonds is 1. The van der Waals surface area contributed by atoms with Crippen molar-refractivity contribution in [1.29, 1.82) is 0 Å². The molecule has 3 N–H and O–H groups in total. The molecule has 0 radical (unpaired) electrons. The van der Waals surface area contributed by atoms with E-state index in [4.69, 9.17) is 10.7 Å². The molecule has 5 unspecified atom stereocenters. The highest BCUT2D eigenvalue weighted by Crippen LogP contribution is 2.95. The third-order valence-corrected chi connectivity index (χ3v) is 5.78. The summed E-state index contributed by atoms with van der Waals surface area (Å²) in [6, 6.07) is 0. The Kier molecular flexibility index (Phi) is 0.767. The zero-order chi connectivity index (χ0) is 9.11. The SMILES string of the molecule is CC12CC3CC4(ON)CC(O)(C1)C324. The molecular weight excluding hydrogens is 166 g/mol. The smallest absolute Gasteiger partial charge is 0.101 e. The van der Waals surface area contributed by atoms with Crippen molar-refractivity contribution in [3.05, 3.63) is 0 Å². The molecular formula is C10H15NO2. The lowest BCUT2D eigenvalue weighted by molar-refractivity contribution is -0.545. The summed E-state index contributed by atoms with van der Waals surface area (Å²) in [4.78, 5) is 5.17. The van der Waals surface area contributed by atoms with Crippen LogP contribution in [0.3, 0.4) is 0 Å². The minimum absolute atomic E-state index is 0.0851. The van der Waals surface area contributed by atoms with Crippen LogP contribution in [0.1, 0.15) is 32.6 Å². The van der Waals surface area contributed by atoms with Gasteiger partial charge in [-0.3, -0.25) is 4.84 Å². The van der Waals surface area contributed by atoms with E-state index in [9.17, 15) is 5.11 Å². The van der Waals surface area contributed by atoms with Crippen LogP contribution < -0.4 is 5.90 Å². The number of hydrogen-bond acceptors (Lipinski definition) is 3. The summed E-state index contributed by atoms with van der Waals surface area (Å²) in [5.74, 6) is 6.08. The monoisotopic (exact) mass is 181 g/mol. The van der Waals surface area contributed by atoms with Crippen molar-refractivity contribution in [2.24, 2.45) is 22.6 Å². The third kappa shape index (κ3) is 0.346. The van der Waals surface area contributed by atoms with E-state index in [0.717, 1.165) is 19.3 Å². The molecule has 0 bridgehead atoms. The summed E-state index contributed by atoms with van der Waals surface area (Å²) < 4.78 is 0. The molecule has 0 aromatic rings. The van der Waals surface area contributed by atoms with Crippen LogP contribution in [0.4, 0.5) is 0 Å². The first-order valence-corrected chi connectivity index (χ1v) is 5.14. The van der Waals surface area contributed by atoms with Crippen LogP contribution in [-0.2, 0) is 4.84 Å². The largest absolute Gasteiger partial charge is 0.389 e. The lowest BCUT2D eigenvalue weighted by Gasteiger charge is -2.96. The molecule has 0 aromatic carbocycles. The fourth-order valence-electron chi connectivity index (χ4n) is 6.01. The van der Waals surface area contributed by atoms with E-state index in [1.54, 1.807) is 0 Å². The maximum absolute atomic E-state index is 10.3. The maximum atomic E-state index is 10.3. The summed E-state index contributed by atoms with van der Waals surface area (Å²) in [6.07, 6.45) is 4.12. The maximum Gasteiger partial charge on any atom is 0.101 e. The molecule has 4 fully saturated rings. The Morgan fingerprint density at radius 1 is 1.38 bits per heavy atom. The Labute approximate surface area is 77.2 Å². The van der Waals surface area contributed by atoms with Crippen LogP contribution in [-0.4, -0.2) is 16.3 Å². The Morgan fingerprint density at radius 2 is 2.15 bits per heavy atom. The van der Waals surface area contributed by atoms with Crippen molar-refractivity contribution in [3.63, 3.8) is 0 Å². The van der Waals surface area contributed by atoms with Gasteiger partial charge in [-0.1, -0.05) is 6.92 Å². The second-order valence-electron chi connectivity index (χ2n) is 5.97. The summed E-state index contributed by atoms with van der Waals surface area (Å²) in [5.41, 5.74) is -0.0933. The molecule has 1 spiro atoms. The van der Waals surface area contributed by atoms with Crippen LogP contribution in [0.2, 0.25) is 0 Å². The second kappa shape index (κ2) is 1.38. The Balaban J connectivity index is 1.86. The fraction of sp³-hybridized carbons (Fsp3) is 1.00. The van der Waals surface area contributed by atoms with Gasteiger partial charge in [-0.05, 0) is 30.6 Å². The van der Waals surface area contributed by atoms with Crippen molar-refractivity contribution < 1.29 is 9.94 Å². The fourth-order valence-corrected chi connectivity index (χ4v) is 6.01. The molecule has 13 heavy (non-hydrogen) atoms. The molecule has 3 nitrogen and oxygen atoms in total. The van der Waals surface area contributed by atoms with Gasteiger partial charge in [0.2, 0.25) is 0 Å². The first kappa shape index (κ1) is 7.21. The summed E-state index contributed by atoms with van der Waals surface area (Å²) in [6.45, 7) is 2.28. The molecule has 0 aromatic heterocycles. The topological polar surface area (TPSA) is 55.5 Å². The van der Waals surface area contributed by atoms with Crippen LogP contribution in [0.5, 0.6) is 0 Å². The van der Waals surface area contributed by atoms with E-state index in [-0.39, 0.29) is 11.0 Å². The van der Waals surface area contributed by atoms with Gasteiger partial charge in [0.25, 0.3) is 0 Å². The van der Waals surface area contributed by atoms with Crippen LogP contribution in [0.15, 0.2) is 0 Å². The number of aliphatic hydroxyl groups is 1. The van der Waals surface area contributed by atoms with Gasteiger partial charge in [0, 0.05) is 11.8 Å². The first-order valence-electron chi connectivity index (χ1n) is 5.14. The molecule has 0 heterocycles. The van der Waals surface area contributed by atoms with E-state index in [1.807, 2.05) is 0 Å². The zero-order valence-electron chi connectivity index (χ0n) is 7.84. The third-order valence-electron chi connectivity index (χ3n) is 5.78. The van der Waals surface area contributed by atoms with Crippen molar-refractivity contribution in [1.82, 2.24) is 0 Å². The van der Waals surface area contributed by atoms with Crippen LogP contribution >= 0.6 is 0 Å². The number of nitrogens with two attached hydrogens (primary N) is 1. The lowest BCUT2D eigenvalue weighted by atomic mass is 9.10. The van der Waals surface area contributed by atoms with Gasteiger partial charge in [0.15, 0.2) is 0 Å². The van der Waals surface area contributed by atoms with Crippen molar-refractivity contribution in [2.75, 3.05) is 0 Å². The van der Waals surface area contributed by atoms with E-state index in [0.29, 0.717) is 11.3 Å². The van der Waals surface area contributed by atoms with E-state index in [1.165, 1.54) is 6.42 Å². The zero-order valence-corrected chi connectivity index (χ0v) is 7.84.